The zero-order valence-corrected chi connectivity index (χ0v) is 12.1. The predicted molar refractivity (Wildman–Crippen MR) is 67.3 cm³/mol. The van der Waals surface area contributed by atoms with Crippen LogP contribution in [0.3, 0.4) is 0 Å². The van der Waals surface area contributed by atoms with Gasteiger partial charge in [0.25, 0.3) is 0 Å². The zero-order valence-electron chi connectivity index (χ0n) is 10.4. The van der Waals surface area contributed by atoms with Gasteiger partial charge in [-0.25, -0.2) is 21.1 Å². The summed E-state index contributed by atoms with van der Waals surface area (Å²) in [6.45, 7) is 0.382. The first-order valence-electron chi connectivity index (χ1n) is 5.54. The van der Waals surface area contributed by atoms with Crippen molar-refractivity contribution in [2.24, 2.45) is 0 Å². The molecule has 1 aliphatic rings. The van der Waals surface area contributed by atoms with Gasteiger partial charge >= 0.3 is 0 Å². The summed E-state index contributed by atoms with van der Waals surface area (Å²) < 4.78 is 47.6. The quantitative estimate of drug-likeness (QED) is 0.686. The fourth-order valence-electron chi connectivity index (χ4n) is 1.90. The Hall–Kier alpha value is -0.670. The molecule has 1 fully saturated rings. The standard InChI is InChI=1S/C9H18N2O5S2/c1-10-9(12)7-18(15,16)8-3-5-11(6-4-8)17(2,13)14/h8H,3-7H2,1-2H3,(H,10,12). The van der Waals surface area contributed by atoms with Crippen LogP contribution in [0.25, 0.3) is 0 Å². The van der Waals surface area contributed by atoms with Crippen LogP contribution in [0.15, 0.2) is 0 Å². The lowest BCUT2D eigenvalue weighted by Crippen LogP contribution is -2.43. The summed E-state index contributed by atoms with van der Waals surface area (Å²) in [5.41, 5.74) is 0. The number of amides is 1. The van der Waals surface area contributed by atoms with E-state index in [4.69, 9.17) is 0 Å². The Balaban J connectivity index is 2.65. The molecule has 0 atom stereocenters. The van der Waals surface area contributed by atoms with E-state index in [2.05, 4.69) is 5.32 Å². The summed E-state index contributed by atoms with van der Waals surface area (Å²) in [4.78, 5) is 11.1. The number of carbonyl (C=O) groups is 1. The van der Waals surface area contributed by atoms with Gasteiger partial charge in [-0.2, -0.15) is 0 Å². The van der Waals surface area contributed by atoms with Crippen molar-refractivity contribution >= 4 is 25.8 Å². The van der Waals surface area contributed by atoms with Crippen LogP contribution in [-0.4, -0.2) is 64.4 Å². The van der Waals surface area contributed by atoms with Crippen LogP contribution in [0.2, 0.25) is 0 Å². The molecule has 0 spiro atoms. The van der Waals surface area contributed by atoms with Crippen LogP contribution >= 0.6 is 0 Å². The van der Waals surface area contributed by atoms with E-state index >= 15 is 0 Å². The lowest BCUT2D eigenvalue weighted by molar-refractivity contribution is -0.118. The maximum atomic E-state index is 11.9. The Morgan fingerprint density at radius 2 is 1.72 bits per heavy atom. The molecule has 1 saturated heterocycles. The summed E-state index contributed by atoms with van der Waals surface area (Å²) in [6.07, 6.45) is 1.59. The SMILES string of the molecule is CNC(=O)CS(=O)(=O)C1CCN(S(C)(=O)=O)CC1. The maximum Gasteiger partial charge on any atom is 0.234 e. The highest BCUT2D eigenvalue weighted by Gasteiger charge is 2.33. The number of piperidine rings is 1. The number of nitrogens with one attached hydrogen (secondary N) is 1. The van der Waals surface area contributed by atoms with Gasteiger partial charge in [0.2, 0.25) is 15.9 Å². The Kier molecular flexibility index (Phi) is 4.73. The van der Waals surface area contributed by atoms with E-state index in [1.54, 1.807) is 0 Å². The van der Waals surface area contributed by atoms with E-state index in [-0.39, 0.29) is 25.9 Å². The third kappa shape index (κ3) is 3.92. The monoisotopic (exact) mass is 298 g/mol. The summed E-state index contributed by atoms with van der Waals surface area (Å²) in [5, 5.41) is 1.64. The average molecular weight is 298 g/mol. The normalized spacial score (nSPS) is 19.7. The molecule has 1 amide bonds. The summed E-state index contributed by atoms with van der Waals surface area (Å²) >= 11 is 0. The summed E-state index contributed by atoms with van der Waals surface area (Å²) in [5.74, 6) is -1.08. The van der Waals surface area contributed by atoms with Crippen molar-refractivity contribution in [3.05, 3.63) is 0 Å². The van der Waals surface area contributed by atoms with Crippen molar-refractivity contribution in [1.29, 1.82) is 0 Å². The second-order valence-electron chi connectivity index (χ2n) is 4.34. The van der Waals surface area contributed by atoms with E-state index in [1.807, 2.05) is 0 Å². The molecule has 7 nitrogen and oxygen atoms in total. The van der Waals surface area contributed by atoms with Crippen molar-refractivity contribution < 1.29 is 21.6 Å². The molecule has 1 aliphatic heterocycles. The largest absolute Gasteiger partial charge is 0.358 e. The Bertz CT molecular complexity index is 503. The molecule has 18 heavy (non-hydrogen) atoms. The molecule has 0 aromatic rings. The fourth-order valence-corrected chi connectivity index (χ4v) is 4.44. The molecule has 0 aromatic heterocycles. The number of rotatable bonds is 4. The minimum atomic E-state index is -3.50. The number of sulfone groups is 1. The van der Waals surface area contributed by atoms with Gasteiger partial charge in [0.15, 0.2) is 9.84 Å². The highest BCUT2D eigenvalue weighted by Crippen LogP contribution is 2.20. The van der Waals surface area contributed by atoms with E-state index in [9.17, 15) is 21.6 Å². The minimum Gasteiger partial charge on any atom is -0.358 e. The minimum absolute atomic E-state index is 0.191. The third-order valence-corrected chi connectivity index (χ3v) is 6.44. The second kappa shape index (κ2) is 5.54. The molecular formula is C9H18N2O5S2. The summed E-state index contributed by atoms with van der Waals surface area (Å²) in [6, 6.07) is 0. The van der Waals surface area contributed by atoms with Crippen LogP contribution in [0.1, 0.15) is 12.8 Å². The van der Waals surface area contributed by atoms with Crippen molar-refractivity contribution in [2.75, 3.05) is 32.1 Å². The number of nitrogens with zero attached hydrogens (tertiary/aromatic N) is 1. The van der Waals surface area contributed by atoms with Crippen LogP contribution < -0.4 is 5.32 Å². The van der Waals surface area contributed by atoms with Gasteiger partial charge in [-0.1, -0.05) is 0 Å². The first-order valence-corrected chi connectivity index (χ1v) is 9.10. The lowest BCUT2D eigenvalue weighted by atomic mass is 10.2. The molecular weight excluding hydrogens is 280 g/mol. The molecule has 9 heteroatoms. The van der Waals surface area contributed by atoms with Gasteiger partial charge in [-0.15, -0.1) is 0 Å². The molecule has 0 unspecified atom stereocenters. The van der Waals surface area contributed by atoms with Gasteiger partial charge in [0, 0.05) is 20.1 Å². The molecule has 1 heterocycles. The Labute approximate surface area is 108 Å². The van der Waals surface area contributed by atoms with Crippen molar-refractivity contribution in [3.8, 4) is 0 Å². The number of sulfonamides is 1. The first-order chi connectivity index (χ1) is 8.16. The fraction of sp³-hybridized carbons (Fsp3) is 0.889. The van der Waals surface area contributed by atoms with Crippen molar-refractivity contribution in [2.45, 2.75) is 18.1 Å². The predicted octanol–water partition coefficient (Wildman–Crippen LogP) is -1.43. The lowest BCUT2D eigenvalue weighted by Gasteiger charge is -2.29. The van der Waals surface area contributed by atoms with Crippen LogP contribution in [-0.2, 0) is 24.7 Å². The molecule has 106 valence electrons. The average Bonchev–Trinajstić information content (AvgIpc) is 2.27. The van der Waals surface area contributed by atoms with Crippen LogP contribution in [0.4, 0.5) is 0 Å². The first kappa shape index (κ1) is 15.4. The molecule has 0 bridgehead atoms. The second-order valence-corrected chi connectivity index (χ2v) is 8.61. The van der Waals surface area contributed by atoms with E-state index in [0.717, 1.165) is 6.26 Å². The molecule has 0 saturated carbocycles. The molecule has 1 rings (SSSR count). The number of hydrogen-bond donors (Lipinski definition) is 1. The van der Waals surface area contributed by atoms with E-state index in [0.29, 0.717) is 0 Å². The molecule has 0 radical (unpaired) electrons. The Morgan fingerprint density at radius 3 is 2.11 bits per heavy atom. The van der Waals surface area contributed by atoms with Crippen molar-refractivity contribution in [3.63, 3.8) is 0 Å². The number of hydrogen-bond acceptors (Lipinski definition) is 5. The Morgan fingerprint density at radius 1 is 1.22 bits per heavy atom. The highest BCUT2D eigenvalue weighted by atomic mass is 32.2. The topological polar surface area (TPSA) is 101 Å². The molecule has 1 N–H and O–H groups in total. The number of carbonyl (C=O) groups excluding carboxylic acids is 1. The molecule has 0 aliphatic carbocycles. The summed E-state index contributed by atoms with van der Waals surface area (Å²) in [7, 11) is -5.38. The van der Waals surface area contributed by atoms with Gasteiger partial charge < -0.3 is 5.32 Å². The van der Waals surface area contributed by atoms with Crippen molar-refractivity contribution in [1.82, 2.24) is 9.62 Å². The van der Waals surface area contributed by atoms with Gasteiger partial charge in [0.05, 0.1) is 11.5 Å². The van der Waals surface area contributed by atoms with Gasteiger partial charge in [-0.05, 0) is 12.8 Å². The van der Waals surface area contributed by atoms with Gasteiger partial charge in [0.1, 0.15) is 5.75 Å². The smallest absolute Gasteiger partial charge is 0.234 e. The van der Waals surface area contributed by atoms with Crippen LogP contribution in [0.5, 0.6) is 0 Å². The zero-order chi connectivity index (χ0) is 14.0. The maximum absolute atomic E-state index is 11.9. The van der Waals surface area contributed by atoms with Gasteiger partial charge in [-0.3, -0.25) is 4.79 Å². The molecule has 0 aromatic carbocycles. The van der Waals surface area contributed by atoms with Crippen LogP contribution in [0, 0.1) is 0 Å². The highest BCUT2D eigenvalue weighted by molar-refractivity contribution is 7.92. The van der Waals surface area contributed by atoms with E-state index < -0.39 is 36.8 Å². The van der Waals surface area contributed by atoms with E-state index in [1.165, 1.54) is 11.4 Å². The third-order valence-electron chi connectivity index (χ3n) is 2.99.